The van der Waals surface area contributed by atoms with Crippen LogP contribution < -0.4 is 169 Å². The number of hydrogen-bond acceptors (Lipinski definition) is 6. The molecule has 0 unspecified atom stereocenters. The summed E-state index contributed by atoms with van der Waals surface area (Å²) in [6.45, 7) is 0. The third kappa shape index (κ3) is 6.07. The van der Waals surface area contributed by atoms with E-state index in [0.29, 0.717) is 0 Å². The number of benzene rings is 2. The van der Waals surface area contributed by atoms with E-state index in [9.17, 15) is 29.7 Å². The van der Waals surface area contributed by atoms with Gasteiger partial charge in [0.05, 0.1) is 17.9 Å². The van der Waals surface area contributed by atoms with Gasteiger partial charge in [-0.25, -0.2) is 0 Å². The van der Waals surface area contributed by atoms with Crippen LogP contribution in [0.5, 0.6) is 0 Å². The van der Waals surface area contributed by atoms with E-state index in [1.54, 1.807) is 0 Å². The van der Waals surface area contributed by atoms with Gasteiger partial charge in [0, 0.05) is 11.1 Å². The number of fused-ring (bicyclic) bond motifs is 1. The van der Waals surface area contributed by atoms with Gasteiger partial charge in [0.25, 0.3) is 0 Å². The first kappa shape index (κ1) is 26.3. The molecule has 0 N–H and O–H groups in total. The standard InChI is InChI=1S/C13H8O6.3K/c14-11(15)6-1-2-7-8(12(16)17)3-4-9(13(18)19)10(7)5-6;;;/h1-5H,(H,14,15)(H,16,17)(H,18,19);;;/q;3*+1/p-3. The molecule has 2 aromatic carbocycles. The van der Waals surface area contributed by atoms with Gasteiger partial charge < -0.3 is 29.7 Å². The Labute approximate surface area is 253 Å². The van der Waals surface area contributed by atoms with Crippen molar-refractivity contribution in [1.82, 2.24) is 0 Å². The minimum Gasteiger partial charge on any atom is -0.545 e. The smallest absolute Gasteiger partial charge is 0.545 e. The molecule has 0 spiro atoms. The monoisotopic (exact) mass is 374 g/mol. The maximum atomic E-state index is 10.9. The van der Waals surface area contributed by atoms with Crippen molar-refractivity contribution < 1.29 is 184 Å². The van der Waals surface area contributed by atoms with Gasteiger partial charge in [-0.05, 0) is 22.4 Å². The molecule has 22 heavy (non-hydrogen) atoms. The molecule has 0 aliphatic rings. The average Bonchev–Trinajstić information content (AvgIpc) is 2.36. The average molecular weight is 374 g/mol. The van der Waals surface area contributed by atoms with Crippen LogP contribution in [0.4, 0.5) is 0 Å². The molecule has 0 saturated carbocycles. The van der Waals surface area contributed by atoms with Crippen molar-refractivity contribution in [2.24, 2.45) is 0 Å². The molecule has 0 saturated heterocycles. The predicted octanol–water partition coefficient (Wildman–Crippen LogP) is -11.1. The topological polar surface area (TPSA) is 120 Å². The van der Waals surface area contributed by atoms with E-state index in [0.717, 1.165) is 24.3 Å². The Bertz CT molecular complexity index is 729. The molecule has 9 heteroatoms. The maximum Gasteiger partial charge on any atom is 1.00 e. The number of carboxylic acids is 3. The van der Waals surface area contributed by atoms with E-state index in [1.807, 2.05) is 0 Å². The Morgan fingerprint density at radius 1 is 0.636 bits per heavy atom. The number of aromatic carboxylic acids is 3. The van der Waals surface area contributed by atoms with E-state index >= 15 is 0 Å². The zero-order chi connectivity index (χ0) is 14.2. The second-order valence-corrected chi connectivity index (χ2v) is 3.78. The Morgan fingerprint density at radius 3 is 1.50 bits per heavy atom. The molecule has 0 fully saturated rings. The fourth-order valence-corrected chi connectivity index (χ4v) is 1.83. The third-order valence-corrected chi connectivity index (χ3v) is 2.69. The number of carbonyl (C=O) groups excluding carboxylic acids is 3. The van der Waals surface area contributed by atoms with Crippen molar-refractivity contribution in [1.29, 1.82) is 0 Å². The van der Waals surface area contributed by atoms with Crippen LogP contribution in [0.1, 0.15) is 31.1 Å². The van der Waals surface area contributed by atoms with E-state index in [-0.39, 0.29) is 182 Å². The van der Waals surface area contributed by atoms with Gasteiger partial charge in [-0.2, -0.15) is 0 Å². The fourth-order valence-electron chi connectivity index (χ4n) is 1.83. The zero-order valence-electron chi connectivity index (χ0n) is 12.3. The summed E-state index contributed by atoms with van der Waals surface area (Å²) >= 11 is 0. The number of rotatable bonds is 3. The Morgan fingerprint density at radius 2 is 1.09 bits per heavy atom. The summed E-state index contributed by atoms with van der Waals surface area (Å²) in [5, 5.41) is 32.6. The second kappa shape index (κ2) is 11.6. The molecule has 0 amide bonds. The van der Waals surface area contributed by atoms with E-state index in [1.165, 1.54) is 6.07 Å². The quantitative estimate of drug-likeness (QED) is 0.492. The first-order valence-electron chi connectivity index (χ1n) is 5.12. The molecule has 0 radical (unpaired) electrons. The SMILES string of the molecule is O=C([O-])c1ccc2c(C(=O)[O-])ccc(C(=O)[O-])c2c1.[K+].[K+].[K+]. The minimum absolute atomic E-state index is 0. The van der Waals surface area contributed by atoms with Crippen LogP contribution in [0.25, 0.3) is 10.8 Å². The summed E-state index contributed by atoms with van der Waals surface area (Å²) in [7, 11) is 0. The van der Waals surface area contributed by atoms with Crippen LogP contribution in [0.2, 0.25) is 0 Å². The first-order valence-corrected chi connectivity index (χ1v) is 5.12. The molecule has 2 aromatic rings. The summed E-state index contributed by atoms with van der Waals surface area (Å²) in [6.07, 6.45) is 0. The second-order valence-electron chi connectivity index (χ2n) is 3.78. The number of hydrogen-bond donors (Lipinski definition) is 0. The molecule has 6 nitrogen and oxygen atoms in total. The van der Waals surface area contributed by atoms with Crippen molar-refractivity contribution in [2.45, 2.75) is 0 Å². The maximum absolute atomic E-state index is 10.9. The summed E-state index contributed by atoms with van der Waals surface area (Å²) in [4.78, 5) is 32.6. The normalized spacial score (nSPS) is 8.91. The molecule has 0 aromatic heterocycles. The van der Waals surface area contributed by atoms with Crippen LogP contribution in [-0.2, 0) is 0 Å². The van der Waals surface area contributed by atoms with Crippen LogP contribution in [0.15, 0.2) is 30.3 Å². The van der Waals surface area contributed by atoms with Gasteiger partial charge in [-0.1, -0.05) is 24.3 Å². The zero-order valence-corrected chi connectivity index (χ0v) is 21.7. The molecule has 0 bridgehead atoms. The van der Waals surface area contributed by atoms with Crippen LogP contribution >= 0.6 is 0 Å². The Kier molecular flexibility index (Phi) is 13.8. The van der Waals surface area contributed by atoms with Crippen molar-refractivity contribution in [3.05, 3.63) is 47.0 Å². The summed E-state index contributed by atoms with van der Waals surface area (Å²) in [5.41, 5.74) is -0.793. The molecule has 96 valence electrons. The molecular weight excluding hydrogens is 369 g/mol. The summed E-state index contributed by atoms with van der Waals surface area (Å²) in [5.74, 6) is -4.52. The molecule has 0 heterocycles. The van der Waals surface area contributed by atoms with Gasteiger partial charge in [-0.15, -0.1) is 0 Å². The summed E-state index contributed by atoms with van der Waals surface area (Å²) in [6, 6.07) is 5.45. The minimum atomic E-state index is -1.54. The van der Waals surface area contributed by atoms with E-state index in [2.05, 4.69) is 0 Å². The van der Waals surface area contributed by atoms with Crippen LogP contribution in [0.3, 0.4) is 0 Å². The third-order valence-electron chi connectivity index (χ3n) is 2.69. The van der Waals surface area contributed by atoms with Gasteiger partial charge in [-0.3, -0.25) is 0 Å². The van der Waals surface area contributed by atoms with Gasteiger partial charge in [0.15, 0.2) is 0 Å². The van der Waals surface area contributed by atoms with Crippen molar-refractivity contribution >= 4 is 28.7 Å². The number of carboxylic acid groups (broad SMARTS) is 3. The van der Waals surface area contributed by atoms with Gasteiger partial charge >= 0.3 is 154 Å². The molecule has 2 rings (SSSR count). The van der Waals surface area contributed by atoms with Crippen molar-refractivity contribution in [2.75, 3.05) is 0 Å². The molecule has 0 aliphatic carbocycles. The fraction of sp³-hybridized carbons (Fsp3) is 0. The van der Waals surface area contributed by atoms with Gasteiger partial charge in [0.1, 0.15) is 0 Å². The predicted molar refractivity (Wildman–Crippen MR) is 56.9 cm³/mol. The number of carbonyl (C=O) groups is 3. The van der Waals surface area contributed by atoms with Crippen molar-refractivity contribution in [3.8, 4) is 0 Å². The van der Waals surface area contributed by atoms with Gasteiger partial charge in [0.2, 0.25) is 0 Å². The van der Waals surface area contributed by atoms with E-state index in [4.69, 9.17) is 0 Å². The van der Waals surface area contributed by atoms with Crippen molar-refractivity contribution in [3.63, 3.8) is 0 Å². The Hall–Kier alpha value is 2.02. The Balaban J connectivity index is 0. The summed E-state index contributed by atoms with van der Waals surface area (Å²) < 4.78 is 0. The van der Waals surface area contributed by atoms with Crippen LogP contribution in [0, 0.1) is 0 Å². The molecule has 0 atom stereocenters. The van der Waals surface area contributed by atoms with E-state index < -0.39 is 17.9 Å². The first-order chi connectivity index (χ1) is 8.91. The van der Waals surface area contributed by atoms with Crippen LogP contribution in [-0.4, -0.2) is 17.9 Å². The molecule has 0 aliphatic heterocycles. The molecular formula is C13H5K3O6. The largest absolute Gasteiger partial charge is 1.00 e.